The second kappa shape index (κ2) is 7.00. The molecule has 7 heteroatoms. The van der Waals surface area contributed by atoms with Crippen molar-refractivity contribution < 1.29 is 18.0 Å². The third kappa shape index (κ3) is 3.16. The first kappa shape index (κ1) is 18.6. The Hall–Kier alpha value is -2.77. The molecule has 0 spiro atoms. The van der Waals surface area contributed by atoms with Crippen molar-refractivity contribution in [3.63, 3.8) is 0 Å². The SMILES string of the molecule is O=C(CN1C(=O)c2ccccc2S1(=O)=O)c1ccc(-c2ccc(Br)cc2)cc1. The number of ketones is 1. The second-order valence-electron chi connectivity index (χ2n) is 6.32. The van der Waals surface area contributed by atoms with Crippen LogP contribution in [0.5, 0.6) is 0 Å². The van der Waals surface area contributed by atoms with Crippen LogP contribution in [0.3, 0.4) is 0 Å². The first-order valence-corrected chi connectivity index (χ1v) is 10.7. The molecule has 0 bridgehead atoms. The standard InChI is InChI=1S/C21H14BrNO4S/c22-17-11-9-15(10-12-17)14-5-7-16(8-6-14)19(24)13-23-21(25)18-3-1-2-4-20(18)28(23,26)27/h1-12H,13H2. The summed E-state index contributed by atoms with van der Waals surface area (Å²) in [5.74, 6) is -1.11. The molecule has 1 amide bonds. The van der Waals surface area contributed by atoms with Crippen molar-refractivity contribution in [1.82, 2.24) is 4.31 Å². The Morgan fingerprint density at radius 2 is 1.43 bits per heavy atom. The van der Waals surface area contributed by atoms with Crippen LogP contribution in [0.4, 0.5) is 0 Å². The summed E-state index contributed by atoms with van der Waals surface area (Å²) in [6, 6.07) is 20.6. The van der Waals surface area contributed by atoms with E-state index in [0.29, 0.717) is 9.87 Å². The lowest BCUT2D eigenvalue weighted by Gasteiger charge is -2.14. The number of Topliss-reactive ketones (excluding diaryl/α,β-unsaturated/α-hetero) is 1. The first-order chi connectivity index (χ1) is 13.4. The van der Waals surface area contributed by atoms with Gasteiger partial charge in [0, 0.05) is 10.0 Å². The zero-order chi connectivity index (χ0) is 19.9. The summed E-state index contributed by atoms with van der Waals surface area (Å²) in [5, 5.41) is 0. The molecule has 0 radical (unpaired) electrons. The van der Waals surface area contributed by atoms with Crippen molar-refractivity contribution in [2.75, 3.05) is 6.54 Å². The van der Waals surface area contributed by atoms with E-state index in [1.54, 1.807) is 36.4 Å². The van der Waals surface area contributed by atoms with E-state index in [2.05, 4.69) is 15.9 Å². The number of nitrogens with zero attached hydrogens (tertiary/aromatic N) is 1. The van der Waals surface area contributed by atoms with Crippen LogP contribution >= 0.6 is 15.9 Å². The van der Waals surface area contributed by atoms with E-state index >= 15 is 0 Å². The molecule has 1 heterocycles. The van der Waals surface area contributed by atoms with Crippen LogP contribution in [0.1, 0.15) is 20.7 Å². The van der Waals surface area contributed by atoms with E-state index in [1.807, 2.05) is 24.3 Å². The van der Waals surface area contributed by atoms with Crippen molar-refractivity contribution in [1.29, 1.82) is 0 Å². The van der Waals surface area contributed by atoms with Crippen LogP contribution in [0.25, 0.3) is 11.1 Å². The van der Waals surface area contributed by atoms with Crippen LogP contribution < -0.4 is 0 Å². The fourth-order valence-electron chi connectivity index (χ4n) is 3.10. The van der Waals surface area contributed by atoms with E-state index in [1.165, 1.54) is 12.1 Å². The Morgan fingerprint density at radius 1 is 0.857 bits per heavy atom. The van der Waals surface area contributed by atoms with Gasteiger partial charge in [-0.15, -0.1) is 0 Å². The minimum atomic E-state index is -4.00. The minimum Gasteiger partial charge on any atom is -0.292 e. The molecule has 0 N–H and O–H groups in total. The van der Waals surface area contributed by atoms with Gasteiger partial charge in [-0.2, -0.15) is 0 Å². The molecule has 0 saturated heterocycles. The van der Waals surface area contributed by atoms with Gasteiger partial charge in [0.15, 0.2) is 5.78 Å². The zero-order valence-electron chi connectivity index (χ0n) is 14.5. The Kier molecular flexibility index (Phi) is 4.64. The van der Waals surface area contributed by atoms with Gasteiger partial charge in [-0.05, 0) is 35.4 Å². The van der Waals surface area contributed by atoms with Crippen LogP contribution in [-0.2, 0) is 10.0 Å². The third-order valence-electron chi connectivity index (χ3n) is 4.58. The molecule has 1 aliphatic rings. The number of hydrogen-bond acceptors (Lipinski definition) is 4. The monoisotopic (exact) mass is 455 g/mol. The molecule has 0 aromatic heterocycles. The van der Waals surface area contributed by atoms with Gasteiger partial charge in [0.2, 0.25) is 0 Å². The molecule has 0 atom stereocenters. The third-order valence-corrected chi connectivity index (χ3v) is 6.90. The molecular weight excluding hydrogens is 442 g/mol. The Morgan fingerprint density at radius 3 is 2.04 bits per heavy atom. The number of benzene rings is 3. The molecule has 0 fully saturated rings. The van der Waals surface area contributed by atoms with Gasteiger partial charge in [0.1, 0.15) is 11.4 Å². The lowest BCUT2D eigenvalue weighted by Crippen LogP contribution is -2.35. The summed E-state index contributed by atoms with van der Waals surface area (Å²) in [6.45, 7) is -0.520. The highest BCUT2D eigenvalue weighted by atomic mass is 79.9. The summed E-state index contributed by atoms with van der Waals surface area (Å²) in [4.78, 5) is 25.0. The van der Waals surface area contributed by atoms with Gasteiger partial charge in [-0.25, -0.2) is 12.7 Å². The summed E-state index contributed by atoms with van der Waals surface area (Å²) < 4.78 is 26.8. The minimum absolute atomic E-state index is 0.0570. The van der Waals surface area contributed by atoms with Crippen LogP contribution in [0, 0.1) is 0 Å². The van der Waals surface area contributed by atoms with E-state index in [-0.39, 0.29) is 10.5 Å². The fourth-order valence-corrected chi connectivity index (χ4v) is 4.89. The number of hydrogen-bond donors (Lipinski definition) is 0. The predicted octanol–water partition coefficient (Wildman–Crippen LogP) is 4.14. The van der Waals surface area contributed by atoms with E-state index < -0.39 is 28.3 Å². The van der Waals surface area contributed by atoms with Crippen LogP contribution in [0.2, 0.25) is 0 Å². The van der Waals surface area contributed by atoms with E-state index in [4.69, 9.17) is 0 Å². The molecule has 5 nitrogen and oxygen atoms in total. The maximum atomic E-state index is 12.6. The number of rotatable bonds is 4. The molecule has 0 unspecified atom stereocenters. The van der Waals surface area contributed by atoms with Gasteiger partial charge < -0.3 is 0 Å². The number of amides is 1. The molecule has 140 valence electrons. The number of halogens is 1. The average Bonchev–Trinajstić information content (AvgIpc) is 2.90. The number of sulfonamides is 1. The Balaban J connectivity index is 1.56. The van der Waals surface area contributed by atoms with Gasteiger partial charge in [0.05, 0.1) is 5.56 Å². The van der Waals surface area contributed by atoms with Gasteiger partial charge in [0.25, 0.3) is 15.9 Å². The molecule has 28 heavy (non-hydrogen) atoms. The fraction of sp³-hybridized carbons (Fsp3) is 0.0476. The van der Waals surface area contributed by atoms with Crippen molar-refractivity contribution in [3.8, 4) is 11.1 Å². The first-order valence-electron chi connectivity index (χ1n) is 8.43. The lowest BCUT2D eigenvalue weighted by molar-refractivity contribution is 0.0820. The highest BCUT2D eigenvalue weighted by Gasteiger charge is 2.41. The molecule has 3 aromatic carbocycles. The second-order valence-corrected chi connectivity index (χ2v) is 9.07. The van der Waals surface area contributed by atoms with Gasteiger partial charge >= 0.3 is 0 Å². The highest BCUT2D eigenvalue weighted by Crippen LogP contribution is 2.30. The summed E-state index contributed by atoms with van der Waals surface area (Å²) in [5.41, 5.74) is 2.37. The number of carbonyl (C=O) groups excluding carboxylic acids is 2. The van der Waals surface area contributed by atoms with E-state index in [9.17, 15) is 18.0 Å². The summed E-state index contributed by atoms with van der Waals surface area (Å²) in [7, 11) is -4.00. The van der Waals surface area contributed by atoms with Gasteiger partial charge in [-0.1, -0.05) is 64.5 Å². The van der Waals surface area contributed by atoms with Gasteiger partial charge in [-0.3, -0.25) is 9.59 Å². The number of fused-ring (bicyclic) bond motifs is 1. The smallest absolute Gasteiger partial charge is 0.269 e. The molecule has 0 aliphatic carbocycles. The van der Waals surface area contributed by atoms with Crippen LogP contribution in [0.15, 0.2) is 82.2 Å². The molecule has 3 aromatic rings. The Labute approximate surface area is 170 Å². The summed E-state index contributed by atoms with van der Waals surface area (Å²) >= 11 is 3.39. The summed E-state index contributed by atoms with van der Waals surface area (Å²) in [6.07, 6.45) is 0. The van der Waals surface area contributed by atoms with Crippen molar-refractivity contribution >= 4 is 37.6 Å². The average molecular weight is 456 g/mol. The van der Waals surface area contributed by atoms with Crippen molar-refractivity contribution in [2.24, 2.45) is 0 Å². The predicted molar refractivity (Wildman–Crippen MR) is 109 cm³/mol. The van der Waals surface area contributed by atoms with Crippen molar-refractivity contribution in [2.45, 2.75) is 4.90 Å². The maximum Gasteiger partial charge on any atom is 0.269 e. The molecule has 1 aliphatic heterocycles. The largest absolute Gasteiger partial charge is 0.292 e. The molecule has 0 saturated carbocycles. The van der Waals surface area contributed by atoms with E-state index in [0.717, 1.165) is 15.6 Å². The maximum absolute atomic E-state index is 12.6. The van der Waals surface area contributed by atoms with Crippen LogP contribution in [-0.4, -0.2) is 31.0 Å². The Bertz CT molecular complexity index is 1190. The molecule has 4 rings (SSSR count). The highest BCUT2D eigenvalue weighted by molar-refractivity contribution is 9.10. The zero-order valence-corrected chi connectivity index (χ0v) is 16.9. The topological polar surface area (TPSA) is 71.5 Å². The van der Waals surface area contributed by atoms with Crippen molar-refractivity contribution in [3.05, 3.63) is 88.4 Å². The number of carbonyl (C=O) groups is 2. The molecular formula is C21H14BrNO4S. The normalized spacial score (nSPS) is 14.8. The quantitative estimate of drug-likeness (QED) is 0.554. The lowest BCUT2D eigenvalue weighted by atomic mass is 10.0.